The van der Waals surface area contributed by atoms with Gasteiger partial charge < -0.3 is 4.90 Å². The Morgan fingerprint density at radius 3 is 2.96 bits per heavy atom. The second kappa shape index (κ2) is 7.49. The first-order valence-electron chi connectivity index (χ1n) is 8.50. The molecule has 1 aromatic heterocycles. The second-order valence-electron chi connectivity index (χ2n) is 6.49. The number of hydrogen-bond donors (Lipinski definition) is 0. The van der Waals surface area contributed by atoms with Gasteiger partial charge in [-0.05, 0) is 31.3 Å². The summed E-state index contributed by atoms with van der Waals surface area (Å²) in [6.45, 7) is 6.45. The molecule has 5 nitrogen and oxygen atoms in total. The SMILES string of the molecule is CC(=O)N1CCCC[C@H]1C1=CCCN(CCn2cc(Cl)cn2)C1. The average Bonchev–Trinajstić information content (AvgIpc) is 2.99. The van der Waals surface area contributed by atoms with Crippen LogP contribution in [-0.2, 0) is 11.3 Å². The quantitative estimate of drug-likeness (QED) is 0.793. The zero-order valence-corrected chi connectivity index (χ0v) is 14.5. The summed E-state index contributed by atoms with van der Waals surface area (Å²) in [5.74, 6) is 0.207. The number of piperidine rings is 1. The lowest BCUT2D eigenvalue weighted by Crippen LogP contribution is -2.47. The number of halogens is 1. The van der Waals surface area contributed by atoms with E-state index in [0.29, 0.717) is 11.1 Å². The number of nitrogens with zero attached hydrogens (tertiary/aromatic N) is 4. The highest BCUT2D eigenvalue weighted by Crippen LogP contribution is 2.26. The van der Waals surface area contributed by atoms with Crippen LogP contribution in [0.4, 0.5) is 0 Å². The Morgan fingerprint density at radius 1 is 1.35 bits per heavy atom. The fourth-order valence-electron chi connectivity index (χ4n) is 3.67. The highest BCUT2D eigenvalue weighted by atomic mass is 35.5. The maximum absolute atomic E-state index is 11.9. The normalized spacial score (nSPS) is 23.0. The van der Waals surface area contributed by atoms with Crippen molar-refractivity contribution in [1.29, 1.82) is 0 Å². The van der Waals surface area contributed by atoms with E-state index in [1.54, 1.807) is 13.1 Å². The average molecular weight is 337 g/mol. The van der Waals surface area contributed by atoms with Crippen LogP contribution in [-0.4, -0.2) is 57.7 Å². The number of likely N-dealkylation sites (tertiary alicyclic amines) is 1. The molecule has 1 amide bonds. The van der Waals surface area contributed by atoms with Gasteiger partial charge in [-0.1, -0.05) is 17.7 Å². The van der Waals surface area contributed by atoms with Crippen LogP contribution in [0.5, 0.6) is 0 Å². The standard InChI is InChI=1S/C17H25ClN4O/c1-14(23)22-8-3-2-6-17(22)15-5-4-7-20(12-15)9-10-21-13-16(18)11-19-21/h5,11,13,17H,2-4,6-10,12H2,1H3/t17-/m0/s1. The molecule has 23 heavy (non-hydrogen) atoms. The molecule has 2 aliphatic rings. The molecule has 2 aliphatic heterocycles. The predicted molar refractivity (Wildman–Crippen MR) is 91.4 cm³/mol. The molecule has 0 unspecified atom stereocenters. The molecule has 0 saturated carbocycles. The van der Waals surface area contributed by atoms with Crippen molar-refractivity contribution in [3.05, 3.63) is 29.1 Å². The molecule has 6 heteroatoms. The van der Waals surface area contributed by atoms with E-state index < -0.39 is 0 Å². The van der Waals surface area contributed by atoms with Gasteiger partial charge in [0, 0.05) is 39.3 Å². The van der Waals surface area contributed by atoms with E-state index in [-0.39, 0.29) is 5.91 Å². The van der Waals surface area contributed by atoms with Crippen molar-refractivity contribution in [2.75, 3.05) is 26.2 Å². The molecule has 0 spiro atoms. The molecule has 3 heterocycles. The summed E-state index contributed by atoms with van der Waals surface area (Å²) in [4.78, 5) is 16.4. The molecule has 1 aromatic rings. The van der Waals surface area contributed by atoms with Crippen LogP contribution in [0.15, 0.2) is 24.0 Å². The van der Waals surface area contributed by atoms with E-state index in [1.165, 1.54) is 12.0 Å². The first-order valence-corrected chi connectivity index (χ1v) is 8.88. The van der Waals surface area contributed by atoms with Crippen molar-refractivity contribution in [2.24, 2.45) is 0 Å². The Morgan fingerprint density at radius 2 is 2.22 bits per heavy atom. The minimum Gasteiger partial charge on any atom is -0.336 e. The number of rotatable bonds is 4. The first-order chi connectivity index (χ1) is 11.1. The number of aromatic nitrogens is 2. The summed E-state index contributed by atoms with van der Waals surface area (Å²) in [6.07, 6.45) is 10.4. The van der Waals surface area contributed by atoms with Gasteiger partial charge in [-0.15, -0.1) is 0 Å². The van der Waals surface area contributed by atoms with E-state index in [4.69, 9.17) is 11.6 Å². The lowest BCUT2D eigenvalue weighted by Gasteiger charge is -2.39. The zero-order valence-electron chi connectivity index (χ0n) is 13.7. The Bertz CT molecular complexity index is 583. The monoisotopic (exact) mass is 336 g/mol. The third-order valence-corrected chi connectivity index (χ3v) is 5.04. The summed E-state index contributed by atoms with van der Waals surface area (Å²) in [5, 5.41) is 4.92. The van der Waals surface area contributed by atoms with Crippen molar-refractivity contribution >= 4 is 17.5 Å². The largest absolute Gasteiger partial charge is 0.336 e. The lowest BCUT2D eigenvalue weighted by molar-refractivity contribution is -0.131. The fourth-order valence-corrected chi connectivity index (χ4v) is 3.82. The molecular formula is C17H25ClN4O. The van der Waals surface area contributed by atoms with E-state index in [9.17, 15) is 4.79 Å². The van der Waals surface area contributed by atoms with Gasteiger partial charge in [0.15, 0.2) is 0 Å². The molecule has 1 atom stereocenters. The minimum absolute atomic E-state index is 0.207. The summed E-state index contributed by atoms with van der Waals surface area (Å²) in [5.41, 5.74) is 1.42. The Hall–Kier alpha value is -1.33. The van der Waals surface area contributed by atoms with Gasteiger partial charge in [0.1, 0.15) is 0 Å². The van der Waals surface area contributed by atoms with Crippen molar-refractivity contribution in [3.8, 4) is 0 Å². The molecule has 0 N–H and O–H groups in total. The smallest absolute Gasteiger partial charge is 0.219 e. The molecule has 0 aromatic carbocycles. The number of carbonyl (C=O) groups excluding carboxylic acids is 1. The molecule has 126 valence electrons. The van der Waals surface area contributed by atoms with Gasteiger partial charge in [0.25, 0.3) is 0 Å². The van der Waals surface area contributed by atoms with Crippen LogP contribution in [0.2, 0.25) is 5.02 Å². The van der Waals surface area contributed by atoms with Crippen molar-refractivity contribution in [1.82, 2.24) is 19.6 Å². The maximum atomic E-state index is 11.9. The maximum Gasteiger partial charge on any atom is 0.219 e. The van der Waals surface area contributed by atoms with Crippen molar-refractivity contribution in [2.45, 2.75) is 45.2 Å². The fraction of sp³-hybridized carbons (Fsp3) is 0.647. The Kier molecular flexibility index (Phi) is 5.38. The Balaban J connectivity index is 1.58. The lowest BCUT2D eigenvalue weighted by atomic mass is 9.92. The van der Waals surface area contributed by atoms with Crippen LogP contribution in [0.1, 0.15) is 32.6 Å². The van der Waals surface area contributed by atoms with E-state index >= 15 is 0 Å². The van der Waals surface area contributed by atoms with Gasteiger partial charge in [-0.2, -0.15) is 5.10 Å². The van der Waals surface area contributed by atoms with Crippen LogP contribution in [0.3, 0.4) is 0 Å². The van der Waals surface area contributed by atoms with Crippen LogP contribution in [0.25, 0.3) is 0 Å². The number of carbonyl (C=O) groups is 1. The molecular weight excluding hydrogens is 312 g/mol. The van der Waals surface area contributed by atoms with Crippen LogP contribution >= 0.6 is 11.6 Å². The highest BCUT2D eigenvalue weighted by Gasteiger charge is 2.29. The van der Waals surface area contributed by atoms with E-state index in [0.717, 1.165) is 52.0 Å². The topological polar surface area (TPSA) is 41.4 Å². The van der Waals surface area contributed by atoms with Gasteiger partial charge in [0.2, 0.25) is 5.91 Å². The predicted octanol–water partition coefficient (Wildman–Crippen LogP) is 2.57. The zero-order chi connectivity index (χ0) is 16.2. The van der Waals surface area contributed by atoms with Gasteiger partial charge in [0.05, 0.1) is 23.8 Å². The first kappa shape index (κ1) is 16.5. The third kappa shape index (κ3) is 4.15. The molecule has 1 saturated heterocycles. The third-order valence-electron chi connectivity index (χ3n) is 4.84. The Labute approximate surface area is 142 Å². The molecule has 1 fully saturated rings. The molecule has 0 aliphatic carbocycles. The summed E-state index contributed by atoms with van der Waals surface area (Å²) < 4.78 is 1.89. The molecule has 0 radical (unpaired) electrons. The number of hydrogen-bond acceptors (Lipinski definition) is 3. The van der Waals surface area contributed by atoms with E-state index in [1.807, 2.05) is 10.9 Å². The van der Waals surface area contributed by atoms with Crippen molar-refractivity contribution in [3.63, 3.8) is 0 Å². The van der Waals surface area contributed by atoms with Gasteiger partial charge >= 0.3 is 0 Å². The van der Waals surface area contributed by atoms with Crippen molar-refractivity contribution < 1.29 is 4.79 Å². The van der Waals surface area contributed by atoms with E-state index in [2.05, 4.69) is 21.0 Å². The van der Waals surface area contributed by atoms with Gasteiger partial charge in [-0.25, -0.2) is 0 Å². The minimum atomic E-state index is 0.207. The summed E-state index contributed by atoms with van der Waals surface area (Å²) >= 11 is 5.91. The molecule has 3 rings (SSSR count). The van der Waals surface area contributed by atoms with Crippen LogP contribution in [0, 0.1) is 0 Å². The summed E-state index contributed by atoms with van der Waals surface area (Å²) in [6, 6.07) is 0.309. The van der Waals surface area contributed by atoms with Crippen LogP contribution < -0.4 is 0 Å². The number of amides is 1. The van der Waals surface area contributed by atoms with Gasteiger partial charge in [-0.3, -0.25) is 14.4 Å². The summed E-state index contributed by atoms with van der Waals surface area (Å²) in [7, 11) is 0. The second-order valence-corrected chi connectivity index (χ2v) is 6.93. The molecule has 0 bridgehead atoms. The highest BCUT2D eigenvalue weighted by molar-refractivity contribution is 6.30.